The van der Waals surface area contributed by atoms with Crippen LogP contribution in [0.25, 0.3) is 11.1 Å². The van der Waals surface area contributed by atoms with Gasteiger partial charge in [-0.25, -0.2) is 4.79 Å². The summed E-state index contributed by atoms with van der Waals surface area (Å²) in [6, 6.07) is 16.4. The van der Waals surface area contributed by atoms with E-state index in [0.29, 0.717) is 6.61 Å². The highest BCUT2D eigenvalue weighted by Crippen LogP contribution is 2.35. The van der Waals surface area contributed by atoms with Crippen LogP contribution in [0.2, 0.25) is 0 Å². The van der Waals surface area contributed by atoms with Crippen LogP contribution >= 0.6 is 0 Å². The number of anilines is 1. The summed E-state index contributed by atoms with van der Waals surface area (Å²) in [5.41, 5.74) is 3.26. The molecule has 0 spiro atoms. The Hall–Kier alpha value is -2.49. The molecule has 1 heterocycles. The van der Waals surface area contributed by atoms with Crippen LogP contribution in [0, 0.1) is 0 Å². The first-order chi connectivity index (χ1) is 11.8. The van der Waals surface area contributed by atoms with Crippen molar-refractivity contribution in [1.29, 1.82) is 0 Å². The number of nitrogens with zero attached hydrogens (tertiary/aromatic N) is 1. The van der Waals surface area contributed by atoms with Gasteiger partial charge in [0.05, 0.1) is 12.3 Å². The number of carbonyl (C=O) groups is 1. The van der Waals surface area contributed by atoms with Gasteiger partial charge in [-0.05, 0) is 43.0 Å². The highest BCUT2D eigenvalue weighted by Gasteiger charge is 2.18. The fourth-order valence-electron chi connectivity index (χ4n) is 3.00. The third kappa shape index (κ3) is 3.88. The van der Waals surface area contributed by atoms with Crippen molar-refractivity contribution in [3.05, 3.63) is 48.5 Å². The zero-order chi connectivity index (χ0) is 16.8. The van der Waals surface area contributed by atoms with Gasteiger partial charge in [-0.1, -0.05) is 36.4 Å². The maximum absolute atomic E-state index is 11.6. The second-order valence-electron chi connectivity index (χ2n) is 5.84. The molecule has 0 unspecified atom stereocenters. The highest BCUT2D eigenvalue weighted by molar-refractivity contribution is 5.74. The summed E-state index contributed by atoms with van der Waals surface area (Å²) in [5.74, 6) is 0.404. The molecule has 24 heavy (non-hydrogen) atoms. The van der Waals surface area contributed by atoms with Crippen molar-refractivity contribution in [1.82, 2.24) is 0 Å². The third-order valence-electron chi connectivity index (χ3n) is 4.16. The van der Waals surface area contributed by atoms with E-state index in [1.165, 1.54) is 12.8 Å². The van der Waals surface area contributed by atoms with E-state index in [0.717, 1.165) is 35.7 Å². The van der Waals surface area contributed by atoms with Crippen molar-refractivity contribution in [3.8, 4) is 16.9 Å². The van der Waals surface area contributed by atoms with Gasteiger partial charge >= 0.3 is 5.97 Å². The van der Waals surface area contributed by atoms with E-state index in [1.807, 2.05) is 24.3 Å². The fraction of sp³-hybridized carbons (Fsp3) is 0.350. The van der Waals surface area contributed by atoms with Crippen LogP contribution in [0.15, 0.2) is 48.5 Å². The molecule has 0 radical (unpaired) electrons. The Labute approximate surface area is 143 Å². The fourth-order valence-corrected chi connectivity index (χ4v) is 3.00. The van der Waals surface area contributed by atoms with Crippen LogP contribution in [-0.4, -0.2) is 32.3 Å². The molecule has 4 heteroatoms. The quantitative estimate of drug-likeness (QED) is 0.755. The van der Waals surface area contributed by atoms with Crippen molar-refractivity contribution in [2.45, 2.75) is 19.8 Å². The molecule has 0 aliphatic carbocycles. The van der Waals surface area contributed by atoms with E-state index in [1.54, 1.807) is 6.92 Å². The summed E-state index contributed by atoms with van der Waals surface area (Å²) in [4.78, 5) is 14.0. The molecule has 0 N–H and O–H groups in total. The van der Waals surface area contributed by atoms with Gasteiger partial charge in [0.15, 0.2) is 6.61 Å². The monoisotopic (exact) mass is 325 g/mol. The molecule has 4 nitrogen and oxygen atoms in total. The first kappa shape index (κ1) is 16.4. The molecule has 2 aromatic carbocycles. The third-order valence-corrected chi connectivity index (χ3v) is 4.16. The van der Waals surface area contributed by atoms with E-state index in [-0.39, 0.29) is 12.6 Å². The Morgan fingerprint density at radius 3 is 2.50 bits per heavy atom. The van der Waals surface area contributed by atoms with Gasteiger partial charge < -0.3 is 14.4 Å². The molecule has 2 aromatic rings. The van der Waals surface area contributed by atoms with Gasteiger partial charge in [0.2, 0.25) is 0 Å². The molecule has 0 aromatic heterocycles. The van der Waals surface area contributed by atoms with Gasteiger partial charge in [-0.2, -0.15) is 0 Å². The molecule has 0 saturated carbocycles. The largest absolute Gasteiger partial charge is 0.480 e. The number of esters is 1. The summed E-state index contributed by atoms with van der Waals surface area (Å²) in [5, 5.41) is 0. The second kappa shape index (κ2) is 7.86. The van der Waals surface area contributed by atoms with Gasteiger partial charge in [-0.3, -0.25) is 0 Å². The van der Waals surface area contributed by atoms with E-state index in [4.69, 9.17) is 9.47 Å². The summed E-state index contributed by atoms with van der Waals surface area (Å²) < 4.78 is 10.8. The first-order valence-corrected chi connectivity index (χ1v) is 8.51. The zero-order valence-electron chi connectivity index (χ0n) is 14.0. The molecule has 0 amide bonds. The van der Waals surface area contributed by atoms with E-state index in [9.17, 15) is 4.79 Å². The van der Waals surface area contributed by atoms with Gasteiger partial charge in [0.1, 0.15) is 5.75 Å². The van der Waals surface area contributed by atoms with Crippen LogP contribution in [0.5, 0.6) is 5.75 Å². The minimum absolute atomic E-state index is 0.0626. The lowest BCUT2D eigenvalue weighted by atomic mass is 10.0. The van der Waals surface area contributed by atoms with E-state index < -0.39 is 0 Å². The predicted molar refractivity (Wildman–Crippen MR) is 95.5 cm³/mol. The molecule has 0 atom stereocenters. The van der Waals surface area contributed by atoms with Crippen molar-refractivity contribution < 1.29 is 14.3 Å². The normalized spacial score (nSPS) is 13.8. The first-order valence-electron chi connectivity index (χ1n) is 8.51. The SMILES string of the molecule is CCOC(=O)COc1cc(-c2ccccc2)ccc1N1CCCC1. The van der Waals surface area contributed by atoms with E-state index >= 15 is 0 Å². The predicted octanol–water partition coefficient (Wildman–Crippen LogP) is 3.90. The minimum atomic E-state index is -0.338. The highest BCUT2D eigenvalue weighted by atomic mass is 16.6. The molecule has 1 fully saturated rings. The Morgan fingerprint density at radius 1 is 1.04 bits per heavy atom. The smallest absolute Gasteiger partial charge is 0.344 e. The molecular formula is C20H23NO3. The van der Waals surface area contributed by atoms with Gasteiger partial charge in [0.25, 0.3) is 0 Å². The van der Waals surface area contributed by atoms with Crippen molar-refractivity contribution in [2.75, 3.05) is 31.2 Å². The van der Waals surface area contributed by atoms with E-state index in [2.05, 4.69) is 29.2 Å². The van der Waals surface area contributed by atoms with Crippen molar-refractivity contribution in [2.24, 2.45) is 0 Å². The summed E-state index contributed by atoms with van der Waals surface area (Å²) in [7, 11) is 0. The average Bonchev–Trinajstić information content (AvgIpc) is 3.15. The van der Waals surface area contributed by atoms with Crippen LogP contribution in [0.1, 0.15) is 19.8 Å². The van der Waals surface area contributed by atoms with Crippen LogP contribution < -0.4 is 9.64 Å². The maximum Gasteiger partial charge on any atom is 0.344 e. The number of benzene rings is 2. The molecule has 1 saturated heterocycles. The van der Waals surface area contributed by atoms with Crippen molar-refractivity contribution >= 4 is 11.7 Å². The number of hydrogen-bond donors (Lipinski definition) is 0. The van der Waals surface area contributed by atoms with Crippen LogP contribution in [-0.2, 0) is 9.53 Å². The van der Waals surface area contributed by atoms with Gasteiger partial charge in [-0.15, -0.1) is 0 Å². The number of carbonyl (C=O) groups excluding carboxylic acids is 1. The van der Waals surface area contributed by atoms with Crippen LogP contribution in [0.3, 0.4) is 0 Å². The molecular weight excluding hydrogens is 302 g/mol. The zero-order valence-corrected chi connectivity index (χ0v) is 14.0. The Morgan fingerprint density at radius 2 is 1.79 bits per heavy atom. The lowest BCUT2D eigenvalue weighted by molar-refractivity contribution is -0.145. The lowest BCUT2D eigenvalue weighted by Gasteiger charge is -2.22. The standard InChI is InChI=1S/C20H23NO3/c1-2-23-20(22)15-24-19-14-17(16-8-4-3-5-9-16)10-11-18(19)21-12-6-7-13-21/h3-5,8-11,14H,2,6-7,12-13,15H2,1H3. The maximum atomic E-state index is 11.6. The topological polar surface area (TPSA) is 38.8 Å². The Balaban J connectivity index is 1.86. The molecule has 126 valence electrons. The Kier molecular flexibility index (Phi) is 5.36. The summed E-state index contributed by atoms with van der Waals surface area (Å²) in [6.45, 7) is 4.16. The molecule has 1 aliphatic heterocycles. The van der Waals surface area contributed by atoms with Crippen LogP contribution in [0.4, 0.5) is 5.69 Å². The Bertz CT molecular complexity index is 679. The van der Waals surface area contributed by atoms with Crippen molar-refractivity contribution in [3.63, 3.8) is 0 Å². The summed E-state index contributed by atoms with van der Waals surface area (Å²) in [6.07, 6.45) is 2.38. The summed E-state index contributed by atoms with van der Waals surface area (Å²) >= 11 is 0. The molecule has 1 aliphatic rings. The second-order valence-corrected chi connectivity index (χ2v) is 5.84. The average molecular weight is 325 g/mol. The van der Waals surface area contributed by atoms with Gasteiger partial charge in [0, 0.05) is 13.1 Å². The lowest BCUT2D eigenvalue weighted by Crippen LogP contribution is -2.20. The molecule has 3 rings (SSSR count). The molecule has 0 bridgehead atoms. The number of hydrogen-bond acceptors (Lipinski definition) is 4. The number of ether oxygens (including phenoxy) is 2. The number of rotatable bonds is 6. The minimum Gasteiger partial charge on any atom is -0.480 e.